The Morgan fingerprint density at radius 2 is 1.85 bits per heavy atom. The lowest BCUT2D eigenvalue weighted by atomic mass is 10.1. The fourth-order valence-corrected chi connectivity index (χ4v) is 2.95. The maximum absolute atomic E-state index is 12.5. The average Bonchev–Trinajstić information content (AvgIpc) is 2.73. The lowest BCUT2D eigenvalue weighted by Crippen LogP contribution is -2.25. The van der Waals surface area contributed by atoms with Gasteiger partial charge in [-0.15, -0.1) is 0 Å². The van der Waals surface area contributed by atoms with Crippen molar-refractivity contribution >= 4 is 11.6 Å². The van der Waals surface area contributed by atoms with Crippen LogP contribution in [0.2, 0.25) is 0 Å². The Bertz CT molecular complexity index is 754. The first-order chi connectivity index (χ1) is 13.2. The highest BCUT2D eigenvalue weighted by molar-refractivity contribution is 6.06. The van der Waals surface area contributed by atoms with E-state index < -0.39 is 0 Å². The number of hydrogen-bond donors (Lipinski definition) is 1. The highest BCUT2D eigenvalue weighted by Gasteiger charge is 2.15. The molecule has 1 unspecified atom stereocenters. The summed E-state index contributed by atoms with van der Waals surface area (Å²) in [6.45, 7) is 1.36. The molecule has 1 heterocycles. The minimum atomic E-state index is -0.251. The van der Waals surface area contributed by atoms with Crippen LogP contribution >= 0.6 is 0 Å². The SMILES string of the molecule is COc1ccc(C(=O)Nc2ccc(OCC3CCCCO3)cc2)c(OC)c1. The Hall–Kier alpha value is -2.73. The summed E-state index contributed by atoms with van der Waals surface area (Å²) in [5, 5.41) is 2.86. The molecular weight excluding hydrogens is 346 g/mol. The Kier molecular flexibility index (Phi) is 6.54. The number of nitrogens with one attached hydrogen (secondary N) is 1. The molecule has 1 N–H and O–H groups in total. The average molecular weight is 371 g/mol. The van der Waals surface area contributed by atoms with Gasteiger partial charge < -0.3 is 24.3 Å². The molecule has 144 valence electrons. The molecule has 1 amide bonds. The standard InChI is InChI=1S/C21H25NO5/c1-24-17-10-11-19(20(13-17)25-2)21(23)22-15-6-8-16(9-7-15)27-14-18-5-3-4-12-26-18/h6-11,13,18H,3-5,12,14H2,1-2H3,(H,22,23). The lowest BCUT2D eigenvalue weighted by molar-refractivity contribution is -0.0110. The number of amides is 1. The summed E-state index contributed by atoms with van der Waals surface area (Å²) in [7, 11) is 3.09. The summed E-state index contributed by atoms with van der Waals surface area (Å²) in [6, 6.07) is 12.4. The highest BCUT2D eigenvalue weighted by atomic mass is 16.5. The number of rotatable bonds is 7. The van der Waals surface area contributed by atoms with Gasteiger partial charge >= 0.3 is 0 Å². The van der Waals surface area contributed by atoms with Crippen LogP contribution in [0, 0.1) is 0 Å². The predicted octanol–water partition coefficient (Wildman–Crippen LogP) is 3.90. The topological polar surface area (TPSA) is 66.0 Å². The second-order valence-electron chi connectivity index (χ2n) is 6.34. The van der Waals surface area contributed by atoms with Crippen LogP contribution in [0.5, 0.6) is 17.2 Å². The first-order valence-electron chi connectivity index (χ1n) is 9.07. The van der Waals surface area contributed by atoms with E-state index in [1.807, 2.05) is 24.3 Å². The van der Waals surface area contributed by atoms with Crippen molar-refractivity contribution in [2.24, 2.45) is 0 Å². The van der Waals surface area contributed by atoms with Crippen LogP contribution in [0.25, 0.3) is 0 Å². The van der Waals surface area contributed by atoms with Crippen LogP contribution in [0.3, 0.4) is 0 Å². The summed E-state index contributed by atoms with van der Waals surface area (Å²) in [6.07, 6.45) is 3.52. The van der Waals surface area contributed by atoms with Crippen LogP contribution in [0.1, 0.15) is 29.6 Å². The molecule has 0 bridgehead atoms. The van der Waals surface area contributed by atoms with Crippen LogP contribution in [-0.4, -0.2) is 39.4 Å². The number of methoxy groups -OCH3 is 2. The third-order valence-corrected chi connectivity index (χ3v) is 4.48. The number of ether oxygens (including phenoxy) is 4. The third-order valence-electron chi connectivity index (χ3n) is 4.48. The number of carbonyl (C=O) groups excluding carboxylic acids is 1. The summed E-state index contributed by atoms with van der Waals surface area (Å²) in [5.41, 5.74) is 1.12. The first-order valence-corrected chi connectivity index (χ1v) is 9.07. The zero-order chi connectivity index (χ0) is 19.1. The van der Waals surface area contributed by atoms with E-state index in [2.05, 4.69) is 5.32 Å². The van der Waals surface area contributed by atoms with E-state index in [1.165, 1.54) is 13.5 Å². The van der Waals surface area contributed by atoms with Crippen molar-refractivity contribution in [3.05, 3.63) is 48.0 Å². The molecule has 0 saturated carbocycles. The van der Waals surface area contributed by atoms with E-state index in [4.69, 9.17) is 18.9 Å². The van der Waals surface area contributed by atoms with Crippen molar-refractivity contribution in [2.75, 3.05) is 32.8 Å². The molecule has 1 saturated heterocycles. The second-order valence-corrected chi connectivity index (χ2v) is 6.34. The summed E-state index contributed by atoms with van der Waals surface area (Å²) in [5.74, 6) is 1.59. The highest BCUT2D eigenvalue weighted by Crippen LogP contribution is 2.26. The molecular formula is C21H25NO5. The van der Waals surface area contributed by atoms with Gasteiger partial charge in [-0.1, -0.05) is 0 Å². The molecule has 0 radical (unpaired) electrons. The van der Waals surface area contributed by atoms with Crippen LogP contribution in [-0.2, 0) is 4.74 Å². The Balaban J connectivity index is 1.58. The van der Waals surface area contributed by atoms with E-state index in [-0.39, 0.29) is 12.0 Å². The number of hydrogen-bond acceptors (Lipinski definition) is 5. The van der Waals surface area contributed by atoms with Crippen LogP contribution in [0.15, 0.2) is 42.5 Å². The van der Waals surface area contributed by atoms with Crippen molar-refractivity contribution < 1.29 is 23.7 Å². The van der Waals surface area contributed by atoms with Gasteiger partial charge in [-0.3, -0.25) is 4.79 Å². The molecule has 2 aromatic carbocycles. The molecule has 1 atom stereocenters. The molecule has 1 aliphatic heterocycles. The van der Waals surface area contributed by atoms with E-state index in [9.17, 15) is 4.79 Å². The zero-order valence-electron chi connectivity index (χ0n) is 15.7. The third kappa shape index (κ3) is 5.14. The van der Waals surface area contributed by atoms with Gasteiger partial charge in [-0.05, 0) is 55.7 Å². The molecule has 1 aliphatic rings. The normalized spacial score (nSPS) is 16.4. The molecule has 2 aromatic rings. The molecule has 1 fully saturated rings. The van der Waals surface area contributed by atoms with Crippen molar-refractivity contribution in [1.29, 1.82) is 0 Å². The van der Waals surface area contributed by atoms with Crippen molar-refractivity contribution in [3.8, 4) is 17.2 Å². The molecule has 6 heteroatoms. The van der Waals surface area contributed by atoms with Crippen molar-refractivity contribution in [1.82, 2.24) is 0 Å². The Morgan fingerprint density at radius 3 is 2.52 bits per heavy atom. The molecule has 6 nitrogen and oxygen atoms in total. The first kappa shape index (κ1) is 19.0. The van der Waals surface area contributed by atoms with Gasteiger partial charge in [0.15, 0.2) is 0 Å². The minimum absolute atomic E-state index is 0.167. The van der Waals surface area contributed by atoms with Crippen LogP contribution < -0.4 is 19.5 Å². The molecule has 27 heavy (non-hydrogen) atoms. The van der Waals surface area contributed by atoms with E-state index >= 15 is 0 Å². The summed E-state index contributed by atoms with van der Waals surface area (Å²) >= 11 is 0. The predicted molar refractivity (Wildman–Crippen MR) is 103 cm³/mol. The number of carbonyl (C=O) groups is 1. The van der Waals surface area contributed by atoms with Gasteiger partial charge in [-0.2, -0.15) is 0 Å². The largest absolute Gasteiger partial charge is 0.497 e. The zero-order valence-corrected chi connectivity index (χ0v) is 15.7. The molecule has 0 spiro atoms. The quantitative estimate of drug-likeness (QED) is 0.799. The smallest absolute Gasteiger partial charge is 0.259 e. The summed E-state index contributed by atoms with van der Waals surface area (Å²) in [4.78, 5) is 12.5. The molecule has 3 rings (SSSR count). The lowest BCUT2D eigenvalue weighted by Gasteiger charge is -2.22. The molecule has 0 aliphatic carbocycles. The molecule has 0 aromatic heterocycles. The van der Waals surface area contributed by atoms with E-state index in [1.54, 1.807) is 25.3 Å². The number of anilines is 1. The fourth-order valence-electron chi connectivity index (χ4n) is 2.95. The minimum Gasteiger partial charge on any atom is -0.497 e. The van der Waals surface area contributed by atoms with Gasteiger partial charge in [0.25, 0.3) is 5.91 Å². The Labute approximate surface area is 159 Å². The van der Waals surface area contributed by atoms with Gasteiger partial charge in [0.1, 0.15) is 23.9 Å². The monoisotopic (exact) mass is 371 g/mol. The summed E-state index contributed by atoms with van der Waals surface area (Å²) < 4.78 is 21.9. The maximum Gasteiger partial charge on any atom is 0.259 e. The fraction of sp³-hybridized carbons (Fsp3) is 0.381. The van der Waals surface area contributed by atoms with E-state index in [0.717, 1.165) is 25.2 Å². The van der Waals surface area contributed by atoms with Crippen molar-refractivity contribution in [2.45, 2.75) is 25.4 Å². The van der Waals surface area contributed by atoms with E-state index in [0.29, 0.717) is 29.4 Å². The van der Waals surface area contributed by atoms with Crippen LogP contribution in [0.4, 0.5) is 5.69 Å². The van der Waals surface area contributed by atoms with Gasteiger partial charge in [-0.25, -0.2) is 0 Å². The van der Waals surface area contributed by atoms with Gasteiger partial charge in [0.2, 0.25) is 0 Å². The Morgan fingerprint density at radius 1 is 1.07 bits per heavy atom. The maximum atomic E-state index is 12.5. The number of benzene rings is 2. The second kappa shape index (κ2) is 9.28. The van der Waals surface area contributed by atoms with Crippen molar-refractivity contribution in [3.63, 3.8) is 0 Å². The van der Waals surface area contributed by atoms with Gasteiger partial charge in [0.05, 0.1) is 25.9 Å². The van der Waals surface area contributed by atoms with Gasteiger partial charge in [0, 0.05) is 18.4 Å².